The lowest BCUT2D eigenvalue weighted by atomic mass is 9.80. The highest BCUT2D eigenvalue weighted by Crippen LogP contribution is 2.43. The third-order valence-electron chi connectivity index (χ3n) is 11.3. The topological polar surface area (TPSA) is 50.9 Å². The minimum absolute atomic E-state index is 0.00951. The van der Waals surface area contributed by atoms with Crippen LogP contribution in [0.5, 0.6) is 5.75 Å². The Bertz CT molecular complexity index is 3280. The van der Waals surface area contributed by atoms with Crippen molar-refractivity contribution in [3.05, 3.63) is 167 Å². The van der Waals surface area contributed by atoms with Crippen LogP contribution < -0.4 is 0 Å². The molecule has 0 amide bonds. The van der Waals surface area contributed by atoms with Crippen LogP contribution in [0, 0.1) is 20.7 Å². The van der Waals surface area contributed by atoms with E-state index in [1.54, 1.807) is 18.3 Å². The molecule has 8 rings (SSSR count). The van der Waals surface area contributed by atoms with Crippen LogP contribution in [-0.4, -0.2) is 19.6 Å². The van der Waals surface area contributed by atoms with Gasteiger partial charge in [0.2, 0.25) is 0 Å². The van der Waals surface area contributed by atoms with Crippen LogP contribution in [0.1, 0.15) is 106 Å². The summed E-state index contributed by atoms with van der Waals surface area (Å²) in [6, 6.07) is 32.1. The number of phenolic OH excluding ortho intramolecular Hbond substituents is 1. The van der Waals surface area contributed by atoms with Crippen molar-refractivity contribution in [3.63, 3.8) is 0 Å². The smallest absolute Gasteiger partial charge is 0.149 e. The average molecular weight is 796 g/mol. The Labute approximate surface area is 367 Å². The molecule has 2 aromatic heterocycles. The number of aryl methyl sites for hydroxylation is 2. The highest BCUT2D eigenvalue weighted by molar-refractivity contribution is 5.97. The number of rotatable bonds is 7. The standard InChI is InChI=1S/C56H57N3O/c1-34(2)47-33-43(23-24-45(47)46-15-12-13-17-49(46)56(9,10)11)59-51-18-14-16-44(52(51)58-54(59)48-28-36(4)27-37(5)53(48)60)40-29-41(31-42(30-40)55(6,7)8)50-32-39(25-26-57-50)38-21-19-35(3)20-22-38/h12-34,60H,1-11H3/i3D3,19D,20D,21D,22D,34D. The first-order valence-corrected chi connectivity index (χ1v) is 20.5. The molecule has 2 heterocycles. The van der Waals surface area contributed by atoms with Crippen molar-refractivity contribution in [2.24, 2.45) is 0 Å². The second-order valence-electron chi connectivity index (χ2n) is 18.2. The van der Waals surface area contributed by atoms with Gasteiger partial charge in [-0.3, -0.25) is 9.55 Å². The van der Waals surface area contributed by atoms with Gasteiger partial charge in [-0.1, -0.05) is 140 Å². The summed E-state index contributed by atoms with van der Waals surface area (Å²) in [6.07, 6.45) is 1.56. The Kier molecular flexibility index (Phi) is 8.12. The summed E-state index contributed by atoms with van der Waals surface area (Å²) in [5.41, 5.74) is 11.8. The van der Waals surface area contributed by atoms with E-state index in [-0.39, 0.29) is 22.1 Å². The summed E-state index contributed by atoms with van der Waals surface area (Å²) in [5, 5.41) is 11.8. The van der Waals surface area contributed by atoms with Gasteiger partial charge in [0.05, 0.1) is 27.8 Å². The quantitative estimate of drug-likeness (QED) is 0.175. The van der Waals surface area contributed by atoms with E-state index >= 15 is 0 Å². The normalized spacial score (nSPS) is 14.4. The molecule has 0 fully saturated rings. The zero-order chi connectivity index (χ0) is 49.6. The zero-order valence-electron chi connectivity index (χ0n) is 44.2. The number of aromatic hydroxyl groups is 1. The maximum absolute atomic E-state index is 11.8. The van der Waals surface area contributed by atoms with Crippen LogP contribution in [0.3, 0.4) is 0 Å². The second-order valence-corrected chi connectivity index (χ2v) is 18.2. The Morgan fingerprint density at radius 1 is 0.667 bits per heavy atom. The number of hydrogen-bond donors (Lipinski definition) is 1. The van der Waals surface area contributed by atoms with E-state index in [4.69, 9.17) is 19.6 Å². The fourth-order valence-electron chi connectivity index (χ4n) is 8.16. The number of benzene rings is 6. The third kappa shape index (κ3) is 7.68. The lowest BCUT2D eigenvalue weighted by molar-refractivity contribution is 0.472. The monoisotopic (exact) mass is 796 g/mol. The number of para-hydroxylation sites is 1. The van der Waals surface area contributed by atoms with Crippen molar-refractivity contribution in [2.75, 3.05) is 0 Å². The molecule has 0 atom stereocenters. The Morgan fingerprint density at radius 2 is 1.40 bits per heavy atom. The molecule has 8 aromatic rings. The van der Waals surface area contributed by atoms with Gasteiger partial charge >= 0.3 is 0 Å². The van der Waals surface area contributed by atoms with E-state index < -0.39 is 42.5 Å². The van der Waals surface area contributed by atoms with Gasteiger partial charge < -0.3 is 5.11 Å². The zero-order valence-corrected chi connectivity index (χ0v) is 36.2. The summed E-state index contributed by atoms with van der Waals surface area (Å²) >= 11 is 0. The van der Waals surface area contributed by atoms with Crippen LogP contribution in [0.4, 0.5) is 0 Å². The van der Waals surface area contributed by atoms with Crippen molar-refractivity contribution in [3.8, 4) is 67.5 Å². The molecule has 0 saturated carbocycles. The third-order valence-corrected chi connectivity index (χ3v) is 11.3. The molecule has 60 heavy (non-hydrogen) atoms. The summed E-state index contributed by atoms with van der Waals surface area (Å²) in [5.74, 6) is -0.323. The number of aromatic nitrogens is 3. The van der Waals surface area contributed by atoms with Gasteiger partial charge in [-0.15, -0.1) is 0 Å². The maximum Gasteiger partial charge on any atom is 0.149 e. The van der Waals surface area contributed by atoms with Gasteiger partial charge in [0.1, 0.15) is 11.6 Å². The first kappa shape index (κ1) is 31.6. The molecule has 0 radical (unpaired) electrons. The maximum atomic E-state index is 11.8. The molecule has 0 bridgehead atoms. The number of hydrogen-bond acceptors (Lipinski definition) is 3. The van der Waals surface area contributed by atoms with E-state index in [0.717, 1.165) is 61.3 Å². The van der Waals surface area contributed by atoms with E-state index in [1.165, 1.54) is 5.56 Å². The van der Waals surface area contributed by atoms with E-state index in [0.29, 0.717) is 28.2 Å². The minimum atomic E-state index is -2.82. The summed E-state index contributed by atoms with van der Waals surface area (Å²) in [6.45, 7) is 17.9. The highest BCUT2D eigenvalue weighted by Gasteiger charge is 2.25. The van der Waals surface area contributed by atoms with Crippen molar-refractivity contribution >= 4 is 11.0 Å². The van der Waals surface area contributed by atoms with E-state index in [1.807, 2.05) is 70.2 Å². The number of phenols is 1. The Hall–Kier alpha value is -6.26. The fraction of sp³-hybridized carbons (Fsp3) is 0.250. The highest BCUT2D eigenvalue weighted by atomic mass is 16.3. The second kappa shape index (κ2) is 15.4. The van der Waals surface area contributed by atoms with Crippen LogP contribution in [0.2, 0.25) is 0 Å². The SMILES string of the molecule is [2H]c1c([2H])c(C([2H])([2H])[2H])c([2H])c([2H])c1-c1ccnc(-c2cc(-c3cccc4c3nc(-c3cc(C)cc(C)c3O)n4-c3ccc(-c4ccccc4C(C)(C)C)c(C([2H])(C)C)c3)cc(C(C)(C)C)c2)c1. The molecular weight excluding hydrogens is 731 g/mol. The molecule has 1 N–H and O–H groups in total. The van der Waals surface area contributed by atoms with Crippen molar-refractivity contribution in [2.45, 2.75) is 92.8 Å². The first-order chi connectivity index (χ1) is 31.7. The van der Waals surface area contributed by atoms with Crippen LogP contribution in [-0.2, 0) is 10.8 Å². The lowest BCUT2D eigenvalue weighted by Crippen LogP contribution is -2.13. The van der Waals surface area contributed by atoms with E-state index in [9.17, 15) is 6.48 Å². The Morgan fingerprint density at radius 3 is 2.12 bits per heavy atom. The van der Waals surface area contributed by atoms with Crippen molar-refractivity contribution < 1.29 is 16.1 Å². The predicted octanol–water partition coefficient (Wildman–Crippen LogP) is 15.1. The minimum Gasteiger partial charge on any atom is -0.507 e. The van der Waals surface area contributed by atoms with Gasteiger partial charge in [0.25, 0.3) is 0 Å². The molecule has 0 saturated heterocycles. The number of imidazole rings is 1. The number of fused-ring (bicyclic) bond motifs is 1. The largest absolute Gasteiger partial charge is 0.507 e. The van der Waals surface area contributed by atoms with Crippen molar-refractivity contribution in [1.29, 1.82) is 0 Å². The van der Waals surface area contributed by atoms with Gasteiger partial charge in [-0.05, 0) is 142 Å². The lowest BCUT2D eigenvalue weighted by Gasteiger charge is -2.25. The van der Waals surface area contributed by atoms with Crippen LogP contribution in [0.25, 0.3) is 72.7 Å². The molecule has 0 aliphatic rings. The molecule has 4 heteroatoms. The first-order valence-electron chi connectivity index (χ1n) is 24.5. The van der Waals surface area contributed by atoms with E-state index in [2.05, 4.69) is 94.6 Å². The summed E-state index contributed by atoms with van der Waals surface area (Å²) < 4.78 is 70.0. The fourth-order valence-corrected chi connectivity index (χ4v) is 8.16. The molecule has 0 aliphatic carbocycles. The Balaban J connectivity index is 1.38. The molecule has 6 aromatic carbocycles. The molecule has 0 spiro atoms. The molecular formula is C56H57N3O. The predicted molar refractivity (Wildman–Crippen MR) is 253 cm³/mol. The molecule has 302 valence electrons. The number of pyridine rings is 1. The van der Waals surface area contributed by atoms with Gasteiger partial charge in [-0.25, -0.2) is 4.98 Å². The van der Waals surface area contributed by atoms with Crippen molar-refractivity contribution in [1.82, 2.24) is 14.5 Å². The van der Waals surface area contributed by atoms with Crippen LogP contribution in [0.15, 0.2) is 133 Å². The molecule has 0 aliphatic heterocycles. The van der Waals surface area contributed by atoms with Gasteiger partial charge in [0.15, 0.2) is 0 Å². The average Bonchev–Trinajstić information content (AvgIpc) is 3.65. The summed E-state index contributed by atoms with van der Waals surface area (Å²) in [4.78, 5) is 10.2. The molecule has 0 unspecified atom stereocenters. The number of nitrogens with zero attached hydrogens (tertiary/aromatic N) is 3. The summed E-state index contributed by atoms with van der Waals surface area (Å²) in [7, 11) is 0. The van der Waals surface area contributed by atoms with Gasteiger partial charge in [-0.2, -0.15) is 0 Å². The van der Waals surface area contributed by atoms with Crippen LogP contribution >= 0.6 is 0 Å². The van der Waals surface area contributed by atoms with Gasteiger partial charge in [0, 0.05) is 28.5 Å². The molecule has 4 nitrogen and oxygen atoms in total.